The molecule has 2 aromatic carbocycles. The van der Waals surface area contributed by atoms with Crippen LogP contribution in [-0.4, -0.2) is 22.4 Å². The van der Waals surface area contributed by atoms with Crippen LogP contribution in [0.1, 0.15) is 30.9 Å². The van der Waals surface area contributed by atoms with E-state index in [9.17, 15) is 19.7 Å². The molecule has 2 N–H and O–H groups in total. The fourth-order valence-electron chi connectivity index (χ4n) is 2.30. The van der Waals surface area contributed by atoms with Crippen LogP contribution in [0.15, 0.2) is 47.6 Å². The molecule has 0 spiro atoms. The Labute approximate surface area is 166 Å². The topological polar surface area (TPSA) is 114 Å². The summed E-state index contributed by atoms with van der Waals surface area (Å²) in [4.78, 5) is 34.0. The van der Waals surface area contributed by atoms with Gasteiger partial charge in [0.2, 0.25) is 11.8 Å². The summed E-state index contributed by atoms with van der Waals surface area (Å²) < 4.78 is 0. The minimum Gasteiger partial charge on any atom is -0.326 e. The van der Waals surface area contributed by atoms with Crippen LogP contribution < -0.4 is 10.7 Å². The molecule has 0 aliphatic heterocycles. The molecule has 2 aromatic rings. The molecule has 0 fully saturated rings. The second kappa shape index (κ2) is 9.61. The molecule has 28 heavy (non-hydrogen) atoms. The van der Waals surface area contributed by atoms with Crippen molar-refractivity contribution < 1.29 is 14.5 Å². The molecule has 146 valence electrons. The maximum atomic E-state index is 12.0. The molecular weight excluding hydrogens is 384 g/mol. The lowest BCUT2D eigenvalue weighted by molar-refractivity contribution is -0.384. The van der Waals surface area contributed by atoms with Crippen molar-refractivity contribution in [3.8, 4) is 0 Å². The molecular formula is C19H19ClN4O4. The van der Waals surface area contributed by atoms with Gasteiger partial charge in [0.1, 0.15) is 0 Å². The van der Waals surface area contributed by atoms with Gasteiger partial charge in [-0.2, -0.15) is 5.10 Å². The highest BCUT2D eigenvalue weighted by Gasteiger charge is 2.09. The minimum absolute atomic E-state index is 0.000000917. The number of non-ortho nitro benzene ring substituents is 1. The third kappa shape index (κ3) is 6.17. The first kappa shape index (κ1) is 21.0. The molecule has 0 heterocycles. The number of carbonyl (C=O) groups excluding carboxylic acids is 2. The molecule has 0 aromatic heterocycles. The van der Waals surface area contributed by atoms with Crippen LogP contribution in [0.2, 0.25) is 5.02 Å². The van der Waals surface area contributed by atoms with E-state index in [4.69, 9.17) is 11.6 Å². The number of amides is 2. The predicted octanol–water partition coefficient (Wildman–Crippen LogP) is 3.82. The quantitative estimate of drug-likeness (QED) is 0.416. The van der Waals surface area contributed by atoms with Crippen LogP contribution in [0.25, 0.3) is 0 Å². The highest BCUT2D eigenvalue weighted by atomic mass is 35.5. The van der Waals surface area contributed by atoms with E-state index in [0.29, 0.717) is 22.0 Å². The first-order chi connectivity index (χ1) is 13.3. The lowest BCUT2D eigenvalue weighted by Gasteiger charge is -2.08. The lowest BCUT2D eigenvalue weighted by atomic mass is 10.1. The van der Waals surface area contributed by atoms with Gasteiger partial charge in [-0.3, -0.25) is 19.7 Å². The summed E-state index contributed by atoms with van der Waals surface area (Å²) in [5.41, 5.74) is 4.95. The van der Waals surface area contributed by atoms with E-state index in [-0.39, 0.29) is 24.4 Å². The summed E-state index contributed by atoms with van der Waals surface area (Å²) in [5, 5.41) is 17.9. The van der Waals surface area contributed by atoms with Crippen LogP contribution in [0, 0.1) is 17.0 Å². The Kier molecular flexibility index (Phi) is 7.22. The lowest BCUT2D eigenvalue weighted by Crippen LogP contribution is -2.22. The monoisotopic (exact) mass is 402 g/mol. The van der Waals surface area contributed by atoms with Crippen molar-refractivity contribution >= 4 is 40.5 Å². The molecule has 0 bridgehead atoms. The Morgan fingerprint density at radius 1 is 1.11 bits per heavy atom. The summed E-state index contributed by atoms with van der Waals surface area (Å²) in [5.74, 6) is -0.708. The standard InChI is InChI=1S/C19H19ClN4O4/c1-12-11-15(20)5-8-17(12)21-18(25)9-10-19(26)23-22-13(2)14-3-6-16(7-4-14)24(27)28/h3-8,11H,9-10H2,1-2H3,(H,21,25)(H,23,26)/b22-13+. The number of nitro groups is 1. The summed E-state index contributed by atoms with van der Waals surface area (Å²) in [6, 6.07) is 10.9. The Bertz CT molecular complexity index is 926. The molecule has 8 nitrogen and oxygen atoms in total. The van der Waals surface area contributed by atoms with Gasteiger partial charge in [-0.1, -0.05) is 11.6 Å². The third-order valence-electron chi connectivity index (χ3n) is 3.89. The molecule has 0 aliphatic carbocycles. The number of hydrazone groups is 1. The zero-order chi connectivity index (χ0) is 20.7. The summed E-state index contributed by atoms with van der Waals surface area (Å²) >= 11 is 5.87. The zero-order valence-corrected chi connectivity index (χ0v) is 16.1. The number of nitro benzene ring substituents is 1. The third-order valence-corrected chi connectivity index (χ3v) is 4.12. The van der Waals surface area contributed by atoms with Crippen LogP contribution in [0.5, 0.6) is 0 Å². The molecule has 0 atom stereocenters. The van der Waals surface area contributed by atoms with Crippen molar-refractivity contribution in [2.75, 3.05) is 5.32 Å². The summed E-state index contributed by atoms with van der Waals surface area (Å²) in [6.45, 7) is 3.49. The molecule has 2 rings (SSSR count). The Hall–Kier alpha value is -3.26. The second-order valence-electron chi connectivity index (χ2n) is 6.04. The minimum atomic E-state index is -0.491. The first-order valence-electron chi connectivity index (χ1n) is 8.40. The van der Waals surface area contributed by atoms with Gasteiger partial charge in [-0.15, -0.1) is 0 Å². The highest BCUT2D eigenvalue weighted by molar-refractivity contribution is 6.30. The van der Waals surface area contributed by atoms with Gasteiger partial charge in [0.15, 0.2) is 0 Å². The van der Waals surface area contributed by atoms with Crippen LogP contribution >= 0.6 is 11.6 Å². The van der Waals surface area contributed by atoms with Crippen LogP contribution in [-0.2, 0) is 9.59 Å². The highest BCUT2D eigenvalue weighted by Crippen LogP contribution is 2.19. The van der Waals surface area contributed by atoms with E-state index in [0.717, 1.165) is 5.56 Å². The summed E-state index contributed by atoms with van der Waals surface area (Å²) in [6.07, 6.45) is -0.0322. The van der Waals surface area contributed by atoms with Crippen LogP contribution in [0.3, 0.4) is 0 Å². The van der Waals surface area contributed by atoms with E-state index in [1.54, 1.807) is 37.3 Å². The normalized spacial score (nSPS) is 11.0. The molecule has 9 heteroatoms. The van der Waals surface area contributed by atoms with Crippen molar-refractivity contribution in [2.24, 2.45) is 5.10 Å². The maximum absolute atomic E-state index is 12.0. The first-order valence-corrected chi connectivity index (χ1v) is 8.78. The number of halogens is 1. The number of carbonyl (C=O) groups is 2. The van der Waals surface area contributed by atoms with Crippen molar-refractivity contribution in [3.63, 3.8) is 0 Å². The average molecular weight is 403 g/mol. The van der Waals surface area contributed by atoms with Gasteiger partial charge >= 0.3 is 0 Å². The number of anilines is 1. The largest absolute Gasteiger partial charge is 0.326 e. The van der Waals surface area contributed by atoms with E-state index in [1.165, 1.54) is 12.1 Å². The van der Waals surface area contributed by atoms with Crippen molar-refractivity contribution in [1.29, 1.82) is 0 Å². The van der Waals surface area contributed by atoms with Crippen molar-refractivity contribution in [1.82, 2.24) is 5.43 Å². The SMILES string of the molecule is C/C(=N\NC(=O)CCC(=O)Nc1ccc(Cl)cc1C)c1ccc([N+](=O)[O-])cc1. The average Bonchev–Trinajstić information content (AvgIpc) is 2.66. The van der Waals surface area contributed by atoms with Crippen molar-refractivity contribution in [3.05, 3.63) is 68.7 Å². The van der Waals surface area contributed by atoms with Crippen LogP contribution in [0.4, 0.5) is 11.4 Å². The number of nitrogens with one attached hydrogen (secondary N) is 2. The maximum Gasteiger partial charge on any atom is 0.269 e. The van der Waals surface area contributed by atoms with E-state index >= 15 is 0 Å². The molecule has 0 aliphatic rings. The smallest absolute Gasteiger partial charge is 0.269 e. The van der Waals surface area contributed by atoms with Crippen molar-refractivity contribution in [2.45, 2.75) is 26.7 Å². The Morgan fingerprint density at radius 3 is 2.36 bits per heavy atom. The summed E-state index contributed by atoms with van der Waals surface area (Å²) in [7, 11) is 0. The predicted molar refractivity (Wildman–Crippen MR) is 108 cm³/mol. The van der Waals surface area contributed by atoms with E-state index < -0.39 is 10.8 Å². The van der Waals surface area contributed by atoms with Gasteiger partial charge in [0, 0.05) is 35.7 Å². The molecule has 0 unspecified atom stereocenters. The van der Waals surface area contributed by atoms with Gasteiger partial charge in [0.25, 0.3) is 5.69 Å². The van der Waals surface area contributed by atoms with Gasteiger partial charge in [-0.05, 0) is 55.3 Å². The second-order valence-corrected chi connectivity index (χ2v) is 6.48. The number of benzene rings is 2. The number of nitrogens with zero attached hydrogens (tertiary/aromatic N) is 2. The Balaban J connectivity index is 1.83. The molecule has 0 saturated carbocycles. The van der Waals surface area contributed by atoms with Gasteiger partial charge in [0.05, 0.1) is 10.6 Å². The number of aryl methyl sites for hydroxylation is 1. The molecule has 0 radical (unpaired) electrons. The van der Waals surface area contributed by atoms with E-state index in [2.05, 4.69) is 15.8 Å². The van der Waals surface area contributed by atoms with Gasteiger partial charge < -0.3 is 5.32 Å². The van der Waals surface area contributed by atoms with Gasteiger partial charge in [-0.25, -0.2) is 5.43 Å². The fraction of sp³-hybridized carbons (Fsp3) is 0.211. The Morgan fingerprint density at radius 2 is 1.75 bits per heavy atom. The zero-order valence-electron chi connectivity index (χ0n) is 15.4. The number of hydrogen-bond donors (Lipinski definition) is 2. The van der Waals surface area contributed by atoms with E-state index in [1.807, 2.05) is 6.92 Å². The fourth-order valence-corrected chi connectivity index (χ4v) is 2.52. The molecule has 2 amide bonds. The number of hydrogen-bond acceptors (Lipinski definition) is 5. The molecule has 0 saturated heterocycles. The number of rotatable bonds is 7.